The van der Waals surface area contributed by atoms with Crippen LogP contribution in [0.4, 0.5) is 5.69 Å². The number of carboxylic acids is 1. The van der Waals surface area contributed by atoms with Gasteiger partial charge in [-0.3, -0.25) is 14.9 Å². The van der Waals surface area contributed by atoms with Gasteiger partial charge >= 0.3 is 11.7 Å². The Morgan fingerprint density at radius 1 is 1.55 bits per heavy atom. The fourth-order valence-electron chi connectivity index (χ4n) is 2.20. The van der Waals surface area contributed by atoms with Crippen molar-refractivity contribution in [2.75, 3.05) is 6.54 Å². The van der Waals surface area contributed by atoms with E-state index in [0.29, 0.717) is 12.8 Å². The third kappa shape index (κ3) is 2.42. The van der Waals surface area contributed by atoms with E-state index < -0.39 is 33.7 Å². The Bertz CT molecular complexity index is 591. The Kier molecular flexibility index (Phi) is 3.84. The van der Waals surface area contributed by atoms with Crippen LogP contribution in [-0.2, 0) is 4.79 Å². The topological polar surface area (TPSA) is 114 Å². The molecular weight excluding hydrogens is 290 g/mol. The molecule has 0 radical (unpaired) electrons. The van der Waals surface area contributed by atoms with Crippen LogP contribution >= 0.6 is 11.6 Å². The number of aromatic nitrogens is 1. The molecule has 0 aromatic carbocycles. The number of pyridine rings is 1. The van der Waals surface area contributed by atoms with Crippen LogP contribution in [0.3, 0.4) is 0 Å². The van der Waals surface area contributed by atoms with E-state index in [2.05, 4.69) is 4.98 Å². The molecule has 1 fully saturated rings. The maximum absolute atomic E-state index is 12.3. The van der Waals surface area contributed by atoms with Gasteiger partial charge in [-0.05, 0) is 18.9 Å². The number of hydrogen-bond acceptors (Lipinski definition) is 5. The lowest BCUT2D eigenvalue weighted by Gasteiger charge is -2.21. The highest BCUT2D eigenvalue weighted by atomic mass is 35.5. The van der Waals surface area contributed by atoms with E-state index in [1.165, 1.54) is 12.3 Å². The van der Waals surface area contributed by atoms with Gasteiger partial charge in [-0.25, -0.2) is 9.78 Å². The van der Waals surface area contributed by atoms with Crippen LogP contribution in [0.2, 0.25) is 5.15 Å². The molecule has 1 amide bonds. The first-order valence-corrected chi connectivity index (χ1v) is 6.14. The van der Waals surface area contributed by atoms with Gasteiger partial charge in [0.25, 0.3) is 5.91 Å². The SMILES string of the molecule is O=C(O)C1CCCN1C(=O)c1ccnc(Cl)c1[N+](=O)[O-]. The Morgan fingerprint density at radius 3 is 2.85 bits per heavy atom. The van der Waals surface area contributed by atoms with E-state index in [0.717, 1.165) is 4.90 Å². The molecule has 1 aromatic heterocycles. The van der Waals surface area contributed by atoms with Crippen molar-refractivity contribution in [3.05, 3.63) is 33.1 Å². The summed E-state index contributed by atoms with van der Waals surface area (Å²) < 4.78 is 0. The lowest BCUT2D eigenvalue weighted by atomic mass is 10.1. The van der Waals surface area contributed by atoms with E-state index >= 15 is 0 Å². The quantitative estimate of drug-likeness (QED) is 0.511. The van der Waals surface area contributed by atoms with E-state index in [1.807, 2.05) is 0 Å². The summed E-state index contributed by atoms with van der Waals surface area (Å²) in [6.45, 7) is 0.243. The predicted molar refractivity (Wildman–Crippen MR) is 67.6 cm³/mol. The van der Waals surface area contributed by atoms with Crippen LogP contribution in [0.5, 0.6) is 0 Å². The van der Waals surface area contributed by atoms with Crippen molar-refractivity contribution in [1.29, 1.82) is 0 Å². The van der Waals surface area contributed by atoms with Gasteiger partial charge in [-0.1, -0.05) is 11.6 Å². The summed E-state index contributed by atoms with van der Waals surface area (Å²) in [4.78, 5) is 38.2. The van der Waals surface area contributed by atoms with Crippen molar-refractivity contribution in [2.24, 2.45) is 0 Å². The van der Waals surface area contributed by atoms with Crippen LogP contribution in [0.1, 0.15) is 23.2 Å². The van der Waals surface area contributed by atoms with Crippen molar-refractivity contribution in [3.8, 4) is 0 Å². The molecule has 1 aliphatic heterocycles. The molecule has 2 heterocycles. The summed E-state index contributed by atoms with van der Waals surface area (Å²) in [5.74, 6) is -1.84. The van der Waals surface area contributed by atoms with E-state index in [1.54, 1.807) is 0 Å². The van der Waals surface area contributed by atoms with Crippen molar-refractivity contribution in [3.63, 3.8) is 0 Å². The molecule has 20 heavy (non-hydrogen) atoms. The van der Waals surface area contributed by atoms with Crippen LogP contribution in [0.25, 0.3) is 0 Å². The molecule has 0 bridgehead atoms. The number of halogens is 1. The fourth-order valence-corrected chi connectivity index (χ4v) is 2.42. The van der Waals surface area contributed by atoms with Gasteiger partial charge in [-0.15, -0.1) is 0 Å². The minimum atomic E-state index is -1.13. The minimum absolute atomic E-state index is 0.243. The first-order valence-electron chi connectivity index (χ1n) is 5.76. The highest BCUT2D eigenvalue weighted by molar-refractivity contribution is 6.32. The zero-order valence-electron chi connectivity index (χ0n) is 10.2. The molecule has 1 atom stereocenters. The standard InChI is InChI=1S/C11H10ClN3O5/c12-9-8(15(19)20)6(3-4-13-9)10(16)14-5-1-2-7(14)11(17)18/h3-4,7H,1-2,5H2,(H,17,18). The maximum Gasteiger partial charge on any atom is 0.326 e. The molecule has 1 N–H and O–H groups in total. The van der Waals surface area contributed by atoms with Gasteiger partial charge in [0, 0.05) is 12.7 Å². The molecular formula is C11H10ClN3O5. The first kappa shape index (κ1) is 14.2. The molecule has 2 rings (SSSR count). The number of rotatable bonds is 3. The smallest absolute Gasteiger partial charge is 0.326 e. The molecule has 1 saturated heterocycles. The summed E-state index contributed by atoms with van der Waals surface area (Å²) >= 11 is 5.63. The summed E-state index contributed by atoms with van der Waals surface area (Å²) in [7, 11) is 0. The monoisotopic (exact) mass is 299 g/mol. The number of aliphatic carboxylic acids is 1. The highest BCUT2D eigenvalue weighted by Crippen LogP contribution is 2.29. The lowest BCUT2D eigenvalue weighted by Crippen LogP contribution is -2.40. The van der Waals surface area contributed by atoms with Crippen LogP contribution in [0, 0.1) is 10.1 Å². The number of amides is 1. The number of carbonyl (C=O) groups excluding carboxylic acids is 1. The van der Waals surface area contributed by atoms with Gasteiger partial charge in [-0.2, -0.15) is 0 Å². The van der Waals surface area contributed by atoms with E-state index in [9.17, 15) is 19.7 Å². The minimum Gasteiger partial charge on any atom is -0.480 e. The molecule has 9 heteroatoms. The van der Waals surface area contributed by atoms with Crippen LogP contribution < -0.4 is 0 Å². The van der Waals surface area contributed by atoms with E-state index in [-0.39, 0.29) is 12.1 Å². The average molecular weight is 300 g/mol. The third-order valence-corrected chi connectivity index (χ3v) is 3.37. The Balaban J connectivity index is 2.42. The van der Waals surface area contributed by atoms with Gasteiger partial charge in [0.15, 0.2) is 0 Å². The summed E-state index contributed by atoms with van der Waals surface area (Å²) in [5.41, 5.74) is -0.849. The lowest BCUT2D eigenvalue weighted by molar-refractivity contribution is -0.385. The van der Waals surface area contributed by atoms with Gasteiger partial charge in [0.05, 0.1) is 4.92 Å². The molecule has 8 nitrogen and oxygen atoms in total. The summed E-state index contributed by atoms with van der Waals surface area (Å²) in [6.07, 6.45) is 2.04. The number of nitrogens with zero attached hydrogens (tertiary/aromatic N) is 3. The van der Waals surface area contributed by atoms with Gasteiger partial charge in [0.1, 0.15) is 11.6 Å². The summed E-state index contributed by atoms with van der Waals surface area (Å²) in [6, 6.07) is 0.206. The Morgan fingerprint density at radius 2 is 2.25 bits per heavy atom. The normalized spacial score (nSPS) is 18.1. The van der Waals surface area contributed by atoms with Crippen molar-refractivity contribution >= 4 is 29.2 Å². The highest BCUT2D eigenvalue weighted by Gasteiger charge is 2.37. The molecule has 106 valence electrons. The number of carbonyl (C=O) groups is 2. The average Bonchev–Trinajstić information content (AvgIpc) is 2.86. The number of hydrogen-bond donors (Lipinski definition) is 1. The second-order valence-electron chi connectivity index (χ2n) is 4.25. The molecule has 0 saturated carbocycles. The fraction of sp³-hybridized carbons (Fsp3) is 0.364. The molecule has 0 aliphatic carbocycles. The zero-order chi connectivity index (χ0) is 14.9. The zero-order valence-corrected chi connectivity index (χ0v) is 10.9. The maximum atomic E-state index is 12.3. The van der Waals surface area contributed by atoms with Crippen LogP contribution in [0.15, 0.2) is 12.3 Å². The summed E-state index contributed by atoms with van der Waals surface area (Å²) in [5, 5.41) is 19.6. The van der Waals surface area contributed by atoms with Crippen molar-refractivity contribution in [2.45, 2.75) is 18.9 Å². The molecule has 1 aromatic rings. The van der Waals surface area contributed by atoms with Gasteiger partial charge in [0.2, 0.25) is 5.15 Å². The van der Waals surface area contributed by atoms with Crippen molar-refractivity contribution < 1.29 is 19.6 Å². The number of likely N-dealkylation sites (tertiary alicyclic amines) is 1. The molecule has 1 unspecified atom stereocenters. The number of nitro groups is 1. The number of carboxylic acid groups (broad SMARTS) is 1. The molecule has 1 aliphatic rings. The molecule has 0 spiro atoms. The Hall–Kier alpha value is -2.22. The van der Waals surface area contributed by atoms with Crippen molar-refractivity contribution in [1.82, 2.24) is 9.88 Å². The second-order valence-corrected chi connectivity index (χ2v) is 4.61. The Labute approximate surface area is 118 Å². The first-order chi connectivity index (χ1) is 9.43. The van der Waals surface area contributed by atoms with Crippen LogP contribution in [-0.4, -0.2) is 44.4 Å². The predicted octanol–water partition coefficient (Wildman–Crippen LogP) is 1.33. The largest absolute Gasteiger partial charge is 0.480 e. The van der Waals surface area contributed by atoms with Gasteiger partial charge < -0.3 is 10.0 Å². The second kappa shape index (κ2) is 5.41. The van der Waals surface area contributed by atoms with E-state index in [4.69, 9.17) is 16.7 Å². The third-order valence-electron chi connectivity index (χ3n) is 3.09.